The first-order valence-electron chi connectivity index (χ1n) is 4.58. The van der Waals surface area contributed by atoms with Crippen molar-refractivity contribution >= 4 is 11.3 Å². The summed E-state index contributed by atoms with van der Waals surface area (Å²) in [6.07, 6.45) is 0.683. The molecule has 0 aromatic carbocycles. The molecule has 1 aromatic heterocycles. The zero-order valence-corrected chi connectivity index (χ0v) is 8.97. The number of hydrogen-bond donors (Lipinski definition) is 2. The molecular weight excluding hydrogens is 196 g/mol. The topological polar surface area (TPSA) is 56.0 Å². The number of rotatable bonds is 5. The first-order valence-corrected chi connectivity index (χ1v) is 5.39. The molecule has 1 atom stereocenters. The molecule has 0 amide bonds. The average molecular weight is 210 g/mol. The first kappa shape index (κ1) is 11.2. The molecule has 4 heteroatoms. The van der Waals surface area contributed by atoms with Gasteiger partial charge in [-0.3, -0.25) is 5.32 Å². The van der Waals surface area contributed by atoms with E-state index in [1.807, 2.05) is 19.1 Å². The maximum atomic E-state index is 8.92. The monoisotopic (exact) mass is 210 g/mol. The van der Waals surface area contributed by atoms with Gasteiger partial charge in [0.25, 0.3) is 0 Å². The van der Waals surface area contributed by atoms with E-state index in [2.05, 4.69) is 11.4 Å². The Labute approximate surface area is 88.0 Å². The van der Waals surface area contributed by atoms with Crippen molar-refractivity contribution in [2.24, 2.45) is 0 Å². The van der Waals surface area contributed by atoms with Crippen LogP contribution in [-0.2, 0) is 0 Å². The fraction of sp³-hybridized carbons (Fsp3) is 0.500. The predicted molar refractivity (Wildman–Crippen MR) is 57.1 cm³/mol. The molecule has 0 fully saturated rings. The summed E-state index contributed by atoms with van der Waals surface area (Å²) in [5, 5.41) is 20.6. The number of hydrogen-bond acceptors (Lipinski definition) is 4. The molecular formula is C10H14N2OS. The number of nitrogens with zero attached hydrogens (tertiary/aromatic N) is 1. The highest BCUT2D eigenvalue weighted by Gasteiger charge is 2.10. The smallest absolute Gasteiger partial charge is 0.130 e. The molecule has 1 aromatic rings. The minimum Gasteiger partial charge on any atom is -0.396 e. The minimum atomic E-state index is -0.236. The highest BCUT2D eigenvalue weighted by atomic mass is 32.1. The van der Waals surface area contributed by atoms with Gasteiger partial charge in [0.15, 0.2) is 0 Å². The molecule has 0 aliphatic carbocycles. The summed E-state index contributed by atoms with van der Waals surface area (Å²) in [5.41, 5.74) is 0. The normalized spacial score (nSPS) is 12.4. The van der Waals surface area contributed by atoms with Gasteiger partial charge >= 0.3 is 0 Å². The molecule has 0 bridgehead atoms. The third-order valence-corrected chi connectivity index (χ3v) is 2.92. The molecule has 0 aliphatic rings. The highest BCUT2D eigenvalue weighted by Crippen LogP contribution is 2.21. The summed E-state index contributed by atoms with van der Waals surface area (Å²) < 4.78 is 0. The minimum absolute atomic E-state index is 0.161. The highest BCUT2D eigenvalue weighted by molar-refractivity contribution is 7.12. The van der Waals surface area contributed by atoms with Crippen LogP contribution in [0.2, 0.25) is 0 Å². The van der Waals surface area contributed by atoms with Crippen LogP contribution in [-0.4, -0.2) is 18.3 Å². The lowest BCUT2D eigenvalue weighted by atomic mass is 10.2. The number of aryl methyl sites for hydroxylation is 1. The van der Waals surface area contributed by atoms with Crippen molar-refractivity contribution in [3.63, 3.8) is 0 Å². The summed E-state index contributed by atoms with van der Waals surface area (Å²) in [6, 6.07) is 5.96. The molecule has 0 aliphatic heterocycles. The number of aliphatic hydroxyl groups is 1. The Bertz CT molecular complexity index is 316. The van der Waals surface area contributed by atoms with Crippen molar-refractivity contribution in [1.29, 1.82) is 5.26 Å². The molecule has 1 rings (SSSR count). The van der Waals surface area contributed by atoms with Crippen LogP contribution in [0.4, 0.5) is 0 Å². The number of nitriles is 1. The second-order valence-corrected chi connectivity index (χ2v) is 4.36. The number of aliphatic hydroxyl groups excluding tert-OH is 1. The van der Waals surface area contributed by atoms with Crippen LogP contribution >= 0.6 is 11.3 Å². The van der Waals surface area contributed by atoms with Gasteiger partial charge in [-0.05, 0) is 32.0 Å². The van der Waals surface area contributed by atoms with E-state index in [1.165, 1.54) is 4.88 Å². The summed E-state index contributed by atoms with van der Waals surface area (Å²) in [5.74, 6) is 0. The van der Waals surface area contributed by atoms with Crippen molar-refractivity contribution < 1.29 is 5.11 Å². The molecule has 0 saturated heterocycles. The Balaban J connectivity index is 2.51. The van der Waals surface area contributed by atoms with Crippen LogP contribution in [0.3, 0.4) is 0 Å². The molecule has 3 nitrogen and oxygen atoms in total. The maximum absolute atomic E-state index is 8.92. The molecule has 0 radical (unpaired) electrons. The Hall–Kier alpha value is -0.890. The van der Waals surface area contributed by atoms with Gasteiger partial charge < -0.3 is 5.11 Å². The molecule has 2 N–H and O–H groups in total. The van der Waals surface area contributed by atoms with Crippen molar-refractivity contribution in [3.05, 3.63) is 21.9 Å². The van der Waals surface area contributed by atoms with Crippen LogP contribution in [0.5, 0.6) is 0 Å². The fourth-order valence-electron chi connectivity index (χ4n) is 1.14. The Morgan fingerprint density at radius 1 is 1.64 bits per heavy atom. The first-order chi connectivity index (χ1) is 6.77. The zero-order valence-electron chi connectivity index (χ0n) is 8.16. The molecule has 1 heterocycles. The summed E-state index contributed by atoms with van der Waals surface area (Å²) >= 11 is 1.63. The molecule has 76 valence electrons. The number of nitrogens with one attached hydrogen (secondary N) is 1. The van der Waals surface area contributed by atoms with Gasteiger partial charge in [0, 0.05) is 16.4 Å². The van der Waals surface area contributed by atoms with Gasteiger partial charge in [-0.1, -0.05) is 0 Å². The van der Waals surface area contributed by atoms with Gasteiger partial charge in [-0.2, -0.15) is 5.26 Å². The van der Waals surface area contributed by atoms with Crippen LogP contribution < -0.4 is 5.32 Å². The van der Waals surface area contributed by atoms with Gasteiger partial charge in [0.05, 0.1) is 6.07 Å². The second kappa shape index (κ2) is 5.76. The van der Waals surface area contributed by atoms with E-state index < -0.39 is 0 Å². The fourth-order valence-corrected chi connectivity index (χ4v) is 2.04. The second-order valence-electron chi connectivity index (χ2n) is 3.04. The van der Waals surface area contributed by atoms with E-state index >= 15 is 0 Å². The molecule has 0 spiro atoms. The molecule has 0 saturated carbocycles. The van der Waals surface area contributed by atoms with E-state index in [-0.39, 0.29) is 12.6 Å². The van der Waals surface area contributed by atoms with Crippen LogP contribution in [0.1, 0.15) is 22.2 Å². The summed E-state index contributed by atoms with van der Waals surface area (Å²) in [7, 11) is 0. The Morgan fingerprint density at radius 2 is 2.43 bits per heavy atom. The molecule has 14 heavy (non-hydrogen) atoms. The number of thiophene rings is 1. The average Bonchev–Trinajstić information content (AvgIpc) is 2.60. The Kier molecular flexibility index (Phi) is 4.60. The summed E-state index contributed by atoms with van der Waals surface area (Å²) in [4.78, 5) is 2.26. The van der Waals surface area contributed by atoms with Crippen molar-refractivity contribution in [1.82, 2.24) is 5.32 Å². The lowest BCUT2D eigenvalue weighted by Gasteiger charge is -2.08. The predicted octanol–water partition coefficient (Wildman–Crippen LogP) is 1.59. The van der Waals surface area contributed by atoms with Crippen molar-refractivity contribution in [3.8, 4) is 6.07 Å². The lowest BCUT2D eigenvalue weighted by molar-refractivity contribution is 0.285. The van der Waals surface area contributed by atoms with Gasteiger partial charge in [0.2, 0.25) is 0 Å². The van der Waals surface area contributed by atoms with Crippen LogP contribution in [0.25, 0.3) is 0 Å². The standard InChI is InChI=1S/C10H14N2OS/c1-8-3-4-10(14-8)9(7-11)12-5-2-6-13/h3-4,9,12-13H,2,5-6H2,1H3. The van der Waals surface area contributed by atoms with Gasteiger partial charge in [0.1, 0.15) is 6.04 Å². The van der Waals surface area contributed by atoms with E-state index in [1.54, 1.807) is 11.3 Å². The molecule has 1 unspecified atom stereocenters. The van der Waals surface area contributed by atoms with Crippen molar-refractivity contribution in [2.75, 3.05) is 13.2 Å². The third kappa shape index (κ3) is 3.11. The van der Waals surface area contributed by atoms with Crippen LogP contribution in [0, 0.1) is 18.3 Å². The largest absolute Gasteiger partial charge is 0.396 e. The van der Waals surface area contributed by atoms with Gasteiger partial charge in [-0.25, -0.2) is 0 Å². The van der Waals surface area contributed by atoms with Gasteiger partial charge in [-0.15, -0.1) is 11.3 Å². The zero-order chi connectivity index (χ0) is 10.4. The summed E-state index contributed by atoms with van der Waals surface area (Å²) in [6.45, 7) is 2.86. The Morgan fingerprint density at radius 3 is 2.93 bits per heavy atom. The van der Waals surface area contributed by atoms with E-state index in [0.29, 0.717) is 13.0 Å². The third-order valence-electron chi connectivity index (χ3n) is 1.86. The van der Waals surface area contributed by atoms with Crippen LogP contribution in [0.15, 0.2) is 12.1 Å². The van der Waals surface area contributed by atoms with E-state index in [0.717, 1.165) is 4.88 Å². The quantitative estimate of drug-likeness (QED) is 0.726. The van der Waals surface area contributed by atoms with E-state index in [9.17, 15) is 0 Å². The van der Waals surface area contributed by atoms with Crippen molar-refractivity contribution in [2.45, 2.75) is 19.4 Å². The van der Waals surface area contributed by atoms with E-state index in [4.69, 9.17) is 10.4 Å². The SMILES string of the molecule is Cc1ccc(C(C#N)NCCCO)s1. The lowest BCUT2D eigenvalue weighted by Crippen LogP contribution is -2.20. The maximum Gasteiger partial charge on any atom is 0.130 e.